The second-order valence-corrected chi connectivity index (χ2v) is 4.88. The number of rotatable bonds is 7. The molecule has 0 radical (unpaired) electrons. The van der Waals surface area contributed by atoms with Gasteiger partial charge in [-0.25, -0.2) is 4.79 Å². The van der Waals surface area contributed by atoms with E-state index in [4.69, 9.17) is 15.2 Å². The highest BCUT2D eigenvalue weighted by Gasteiger charge is 2.16. The molecule has 4 nitrogen and oxygen atoms in total. The Labute approximate surface area is 130 Å². The van der Waals surface area contributed by atoms with E-state index in [9.17, 15) is 4.79 Å². The number of nitrogens with two attached hydrogens (primary N) is 1. The molecule has 0 bridgehead atoms. The van der Waals surface area contributed by atoms with Crippen molar-refractivity contribution in [1.82, 2.24) is 0 Å². The lowest BCUT2D eigenvalue weighted by Crippen LogP contribution is -2.23. The Morgan fingerprint density at radius 1 is 1.09 bits per heavy atom. The molecule has 0 saturated heterocycles. The second-order valence-electron chi connectivity index (χ2n) is 4.88. The fourth-order valence-electron chi connectivity index (χ4n) is 2.07. The highest BCUT2D eigenvalue weighted by molar-refractivity contribution is 5.77. The van der Waals surface area contributed by atoms with Gasteiger partial charge in [0.1, 0.15) is 11.8 Å². The summed E-state index contributed by atoms with van der Waals surface area (Å²) in [6.45, 7) is 2.69. The molecule has 116 valence electrons. The highest BCUT2D eigenvalue weighted by atomic mass is 16.5. The van der Waals surface area contributed by atoms with E-state index < -0.39 is 12.0 Å². The molecule has 0 amide bonds. The zero-order valence-corrected chi connectivity index (χ0v) is 12.7. The van der Waals surface area contributed by atoms with Crippen LogP contribution in [0.15, 0.2) is 54.6 Å². The maximum Gasteiger partial charge on any atom is 0.327 e. The van der Waals surface area contributed by atoms with Crippen LogP contribution in [0.1, 0.15) is 24.1 Å². The molecule has 0 aromatic heterocycles. The van der Waals surface area contributed by atoms with Gasteiger partial charge in [-0.15, -0.1) is 0 Å². The summed E-state index contributed by atoms with van der Waals surface area (Å²) in [5.74, 6) is 0.344. The summed E-state index contributed by atoms with van der Waals surface area (Å²) in [6.07, 6.45) is 0.852. The van der Waals surface area contributed by atoms with E-state index in [1.54, 1.807) is 19.1 Å². The molecule has 0 heterocycles. The molecular formula is C18H21NO3. The Balaban J connectivity index is 1.85. The van der Waals surface area contributed by atoms with Crippen molar-refractivity contribution in [3.8, 4) is 5.75 Å². The van der Waals surface area contributed by atoms with Crippen LogP contribution in [0.25, 0.3) is 0 Å². The zero-order chi connectivity index (χ0) is 15.8. The van der Waals surface area contributed by atoms with Crippen molar-refractivity contribution in [2.75, 3.05) is 13.2 Å². The number of esters is 1. The number of benzene rings is 2. The molecule has 0 fully saturated rings. The third kappa shape index (κ3) is 4.60. The summed E-state index contributed by atoms with van der Waals surface area (Å²) < 4.78 is 10.6. The first-order valence-corrected chi connectivity index (χ1v) is 7.39. The fourth-order valence-corrected chi connectivity index (χ4v) is 2.07. The summed E-state index contributed by atoms with van der Waals surface area (Å²) >= 11 is 0. The van der Waals surface area contributed by atoms with Crippen molar-refractivity contribution in [3.63, 3.8) is 0 Å². The lowest BCUT2D eigenvalue weighted by atomic mass is 10.1. The minimum atomic E-state index is -0.752. The topological polar surface area (TPSA) is 61.5 Å². The van der Waals surface area contributed by atoms with Crippen molar-refractivity contribution in [2.45, 2.75) is 19.4 Å². The zero-order valence-electron chi connectivity index (χ0n) is 12.7. The molecule has 2 N–H and O–H groups in total. The van der Waals surface area contributed by atoms with Gasteiger partial charge in [0, 0.05) is 6.42 Å². The van der Waals surface area contributed by atoms with Crippen molar-refractivity contribution in [1.29, 1.82) is 0 Å². The van der Waals surface area contributed by atoms with Crippen LogP contribution in [0.2, 0.25) is 0 Å². The lowest BCUT2D eigenvalue weighted by molar-refractivity contribution is -0.144. The first kappa shape index (κ1) is 16.0. The number of carbonyl (C=O) groups is 1. The smallest absolute Gasteiger partial charge is 0.327 e. The van der Waals surface area contributed by atoms with Gasteiger partial charge in [0.25, 0.3) is 0 Å². The molecule has 2 rings (SSSR count). The van der Waals surface area contributed by atoms with E-state index in [1.807, 2.05) is 30.3 Å². The molecule has 0 aliphatic carbocycles. The van der Waals surface area contributed by atoms with Crippen LogP contribution in [0.4, 0.5) is 0 Å². The van der Waals surface area contributed by atoms with Crippen LogP contribution in [0, 0.1) is 0 Å². The molecule has 0 saturated carbocycles. The average molecular weight is 299 g/mol. The maximum atomic E-state index is 11.6. The van der Waals surface area contributed by atoms with Gasteiger partial charge in [-0.1, -0.05) is 42.5 Å². The molecular weight excluding hydrogens is 278 g/mol. The number of hydrogen-bond donors (Lipinski definition) is 1. The van der Waals surface area contributed by atoms with Gasteiger partial charge in [0.05, 0.1) is 13.2 Å². The maximum absolute atomic E-state index is 11.6. The Bertz CT molecular complexity index is 581. The quantitative estimate of drug-likeness (QED) is 0.799. The number of hydrogen-bond acceptors (Lipinski definition) is 4. The fraction of sp³-hybridized carbons (Fsp3) is 0.278. The monoisotopic (exact) mass is 299 g/mol. The lowest BCUT2D eigenvalue weighted by Gasteiger charge is -2.12. The van der Waals surface area contributed by atoms with Gasteiger partial charge >= 0.3 is 5.97 Å². The van der Waals surface area contributed by atoms with Crippen LogP contribution < -0.4 is 10.5 Å². The van der Waals surface area contributed by atoms with Crippen molar-refractivity contribution in [2.24, 2.45) is 5.73 Å². The molecule has 0 spiro atoms. The first-order chi connectivity index (χ1) is 10.7. The molecule has 2 aromatic carbocycles. The predicted octanol–water partition coefficient (Wildman–Crippen LogP) is 2.87. The largest absolute Gasteiger partial charge is 0.493 e. The Hall–Kier alpha value is -2.33. The Kier molecular flexibility index (Phi) is 5.98. The first-order valence-electron chi connectivity index (χ1n) is 7.39. The molecule has 4 heteroatoms. The van der Waals surface area contributed by atoms with E-state index in [1.165, 1.54) is 5.56 Å². The molecule has 1 atom stereocenters. The van der Waals surface area contributed by atoms with Gasteiger partial charge in [-0.05, 0) is 30.2 Å². The summed E-state index contributed by atoms with van der Waals surface area (Å²) in [5, 5.41) is 0. The summed E-state index contributed by atoms with van der Waals surface area (Å²) in [6, 6.07) is 16.6. The van der Waals surface area contributed by atoms with E-state index in [-0.39, 0.29) is 0 Å². The van der Waals surface area contributed by atoms with E-state index in [0.29, 0.717) is 18.8 Å². The van der Waals surface area contributed by atoms with Gasteiger partial charge in [-0.3, -0.25) is 0 Å². The second kappa shape index (κ2) is 8.20. The minimum Gasteiger partial charge on any atom is -0.493 e. The van der Waals surface area contributed by atoms with Gasteiger partial charge in [0.2, 0.25) is 0 Å². The minimum absolute atomic E-state index is 0.327. The molecule has 0 aliphatic heterocycles. The summed E-state index contributed by atoms with van der Waals surface area (Å²) in [5.41, 5.74) is 7.79. The SMILES string of the molecule is CCOC(=O)C(N)c1ccc(OCCc2ccccc2)cc1. The van der Waals surface area contributed by atoms with Crippen LogP contribution in [0.3, 0.4) is 0 Å². The van der Waals surface area contributed by atoms with E-state index in [0.717, 1.165) is 12.2 Å². The normalized spacial score (nSPS) is 11.7. The Morgan fingerprint density at radius 2 is 1.77 bits per heavy atom. The average Bonchev–Trinajstić information content (AvgIpc) is 2.56. The standard InChI is InChI=1S/C18H21NO3/c1-2-21-18(20)17(19)15-8-10-16(11-9-15)22-13-12-14-6-4-3-5-7-14/h3-11,17H,2,12-13,19H2,1H3. The van der Waals surface area contributed by atoms with Crippen molar-refractivity contribution < 1.29 is 14.3 Å². The third-order valence-corrected chi connectivity index (χ3v) is 3.28. The summed E-state index contributed by atoms with van der Waals surface area (Å²) in [7, 11) is 0. The van der Waals surface area contributed by atoms with Crippen molar-refractivity contribution in [3.05, 3.63) is 65.7 Å². The number of ether oxygens (including phenoxy) is 2. The van der Waals surface area contributed by atoms with Crippen LogP contribution in [-0.2, 0) is 16.0 Å². The highest BCUT2D eigenvalue weighted by Crippen LogP contribution is 2.17. The Morgan fingerprint density at radius 3 is 2.41 bits per heavy atom. The molecule has 0 aliphatic rings. The molecule has 22 heavy (non-hydrogen) atoms. The van der Waals surface area contributed by atoms with Crippen molar-refractivity contribution >= 4 is 5.97 Å². The van der Waals surface area contributed by atoms with Crippen LogP contribution in [-0.4, -0.2) is 19.2 Å². The summed E-state index contributed by atoms with van der Waals surface area (Å²) in [4.78, 5) is 11.6. The van der Waals surface area contributed by atoms with Gasteiger partial charge in [0.15, 0.2) is 0 Å². The molecule has 1 unspecified atom stereocenters. The van der Waals surface area contributed by atoms with E-state index in [2.05, 4.69) is 12.1 Å². The van der Waals surface area contributed by atoms with E-state index >= 15 is 0 Å². The third-order valence-electron chi connectivity index (χ3n) is 3.28. The van der Waals surface area contributed by atoms with Crippen LogP contribution in [0.5, 0.6) is 5.75 Å². The number of carbonyl (C=O) groups excluding carboxylic acids is 1. The molecule has 2 aromatic rings. The van der Waals surface area contributed by atoms with Gasteiger partial charge < -0.3 is 15.2 Å². The predicted molar refractivity (Wildman–Crippen MR) is 85.6 cm³/mol. The van der Waals surface area contributed by atoms with Crippen LogP contribution >= 0.6 is 0 Å². The van der Waals surface area contributed by atoms with Gasteiger partial charge in [-0.2, -0.15) is 0 Å².